The van der Waals surface area contributed by atoms with E-state index in [-0.39, 0.29) is 17.7 Å². The highest BCUT2D eigenvalue weighted by atomic mass is 16.6. The summed E-state index contributed by atoms with van der Waals surface area (Å²) in [6.45, 7) is 4.97. The maximum atomic E-state index is 11.1. The van der Waals surface area contributed by atoms with E-state index in [9.17, 15) is 10.1 Å². The van der Waals surface area contributed by atoms with Crippen LogP contribution in [0.25, 0.3) is 0 Å². The van der Waals surface area contributed by atoms with Crippen LogP contribution in [0.15, 0.2) is 12.1 Å². The van der Waals surface area contributed by atoms with Crippen molar-refractivity contribution in [1.29, 1.82) is 0 Å². The van der Waals surface area contributed by atoms with Crippen molar-refractivity contribution in [3.63, 3.8) is 0 Å². The Morgan fingerprint density at radius 3 is 2.86 bits per heavy atom. The average molecular weight is 293 g/mol. The molecule has 6 heteroatoms. The fourth-order valence-electron chi connectivity index (χ4n) is 2.61. The molecule has 1 fully saturated rings. The maximum absolute atomic E-state index is 11.1. The third-order valence-corrected chi connectivity index (χ3v) is 3.89. The molecule has 0 spiro atoms. The van der Waals surface area contributed by atoms with Crippen molar-refractivity contribution in [1.82, 2.24) is 4.98 Å². The standard InChI is InChI=1S/C15H23N3O3/c1-3-10-16-14-9-8-12(18(19)20)15(17-14)21-13-7-5-4-6-11(13)2/h8-9,11,13H,3-7,10H2,1-2H3,(H,16,17). The monoisotopic (exact) mass is 293 g/mol. The fraction of sp³-hybridized carbons (Fsp3) is 0.667. The molecule has 1 aromatic heterocycles. The molecule has 0 amide bonds. The van der Waals surface area contributed by atoms with Gasteiger partial charge in [0.2, 0.25) is 0 Å². The first-order valence-corrected chi connectivity index (χ1v) is 7.67. The number of aromatic nitrogens is 1. The van der Waals surface area contributed by atoms with E-state index in [1.165, 1.54) is 12.5 Å². The van der Waals surface area contributed by atoms with Crippen molar-refractivity contribution in [2.75, 3.05) is 11.9 Å². The molecular formula is C15H23N3O3. The van der Waals surface area contributed by atoms with E-state index >= 15 is 0 Å². The number of rotatable bonds is 6. The van der Waals surface area contributed by atoms with Gasteiger partial charge in [0.05, 0.1) is 4.92 Å². The van der Waals surface area contributed by atoms with Crippen LogP contribution in [-0.2, 0) is 0 Å². The molecular weight excluding hydrogens is 270 g/mol. The zero-order valence-electron chi connectivity index (χ0n) is 12.7. The van der Waals surface area contributed by atoms with E-state index in [1.807, 2.05) is 0 Å². The van der Waals surface area contributed by atoms with Crippen molar-refractivity contribution in [3.05, 3.63) is 22.2 Å². The molecule has 2 unspecified atom stereocenters. The van der Waals surface area contributed by atoms with Crippen LogP contribution in [0.1, 0.15) is 46.0 Å². The van der Waals surface area contributed by atoms with E-state index in [1.54, 1.807) is 6.07 Å². The first-order valence-electron chi connectivity index (χ1n) is 7.67. The zero-order valence-corrected chi connectivity index (χ0v) is 12.7. The lowest BCUT2D eigenvalue weighted by Gasteiger charge is -2.28. The third kappa shape index (κ3) is 4.06. The Morgan fingerprint density at radius 1 is 1.43 bits per heavy atom. The van der Waals surface area contributed by atoms with Gasteiger partial charge in [-0.05, 0) is 37.7 Å². The van der Waals surface area contributed by atoms with E-state index in [0.29, 0.717) is 11.7 Å². The molecule has 1 N–H and O–H groups in total. The lowest BCUT2D eigenvalue weighted by atomic mass is 9.88. The lowest BCUT2D eigenvalue weighted by molar-refractivity contribution is -0.386. The Kier molecular flexibility index (Phi) is 5.36. The summed E-state index contributed by atoms with van der Waals surface area (Å²) in [4.78, 5) is 15.0. The van der Waals surface area contributed by atoms with Crippen LogP contribution >= 0.6 is 0 Å². The van der Waals surface area contributed by atoms with Gasteiger partial charge in [-0.2, -0.15) is 4.98 Å². The second-order valence-corrected chi connectivity index (χ2v) is 5.62. The van der Waals surface area contributed by atoms with Crippen LogP contribution < -0.4 is 10.1 Å². The quantitative estimate of drug-likeness (QED) is 0.638. The highest BCUT2D eigenvalue weighted by molar-refractivity contribution is 5.49. The Bertz CT molecular complexity index is 493. The predicted molar refractivity (Wildman–Crippen MR) is 81.7 cm³/mol. The highest BCUT2D eigenvalue weighted by Crippen LogP contribution is 2.32. The molecule has 116 valence electrons. The number of nitrogens with zero attached hydrogens (tertiary/aromatic N) is 2. The predicted octanol–water partition coefficient (Wildman–Crippen LogP) is 3.77. The molecule has 1 saturated carbocycles. The average Bonchev–Trinajstić information content (AvgIpc) is 2.47. The number of anilines is 1. The summed E-state index contributed by atoms with van der Waals surface area (Å²) in [5.74, 6) is 1.17. The van der Waals surface area contributed by atoms with Gasteiger partial charge in [-0.3, -0.25) is 10.1 Å². The van der Waals surface area contributed by atoms with E-state index < -0.39 is 4.92 Å². The molecule has 1 heterocycles. The van der Waals surface area contributed by atoms with Crippen molar-refractivity contribution >= 4 is 11.5 Å². The summed E-state index contributed by atoms with van der Waals surface area (Å²) in [7, 11) is 0. The first-order chi connectivity index (χ1) is 10.1. The smallest absolute Gasteiger partial charge is 0.331 e. The fourth-order valence-corrected chi connectivity index (χ4v) is 2.61. The van der Waals surface area contributed by atoms with Crippen LogP contribution in [0.2, 0.25) is 0 Å². The summed E-state index contributed by atoms with van der Waals surface area (Å²) >= 11 is 0. The van der Waals surface area contributed by atoms with Crippen LogP contribution in [0, 0.1) is 16.0 Å². The van der Waals surface area contributed by atoms with Crippen LogP contribution in [0.4, 0.5) is 11.5 Å². The number of hydrogen-bond donors (Lipinski definition) is 1. The van der Waals surface area contributed by atoms with Gasteiger partial charge in [-0.15, -0.1) is 0 Å². The second-order valence-electron chi connectivity index (χ2n) is 5.62. The normalized spacial score (nSPS) is 21.8. The molecule has 0 radical (unpaired) electrons. The van der Waals surface area contributed by atoms with E-state index in [0.717, 1.165) is 32.2 Å². The van der Waals surface area contributed by atoms with Crippen molar-refractivity contribution in [2.24, 2.45) is 5.92 Å². The third-order valence-electron chi connectivity index (χ3n) is 3.89. The van der Waals surface area contributed by atoms with Crippen molar-refractivity contribution in [3.8, 4) is 5.88 Å². The van der Waals surface area contributed by atoms with E-state index in [4.69, 9.17) is 4.74 Å². The minimum atomic E-state index is -0.431. The number of hydrogen-bond acceptors (Lipinski definition) is 5. The Balaban J connectivity index is 2.19. The van der Waals surface area contributed by atoms with Gasteiger partial charge < -0.3 is 10.1 Å². The van der Waals surface area contributed by atoms with Crippen LogP contribution in [0.3, 0.4) is 0 Å². The van der Waals surface area contributed by atoms with Gasteiger partial charge in [0, 0.05) is 12.6 Å². The maximum Gasteiger partial charge on any atom is 0.331 e. The number of ether oxygens (including phenoxy) is 1. The van der Waals surface area contributed by atoms with Gasteiger partial charge in [0.1, 0.15) is 11.9 Å². The number of nitro groups is 1. The minimum Gasteiger partial charge on any atom is -0.469 e. The van der Waals surface area contributed by atoms with E-state index in [2.05, 4.69) is 24.1 Å². The summed E-state index contributed by atoms with van der Waals surface area (Å²) in [5, 5.41) is 14.3. The SMILES string of the molecule is CCCNc1ccc([N+](=O)[O-])c(OC2CCCCC2C)n1. The van der Waals surface area contributed by atoms with Crippen molar-refractivity contribution in [2.45, 2.75) is 52.1 Å². The largest absolute Gasteiger partial charge is 0.469 e. The molecule has 0 aliphatic heterocycles. The summed E-state index contributed by atoms with van der Waals surface area (Å²) in [5.41, 5.74) is -0.0604. The Labute approximate surface area is 125 Å². The van der Waals surface area contributed by atoms with Gasteiger partial charge >= 0.3 is 5.69 Å². The lowest BCUT2D eigenvalue weighted by Crippen LogP contribution is -2.29. The van der Waals surface area contributed by atoms with Gasteiger partial charge in [0.25, 0.3) is 5.88 Å². The molecule has 0 saturated heterocycles. The Hall–Kier alpha value is -1.85. The van der Waals surface area contributed by atoms with Gasteiger partial charge in [0.15, 0.2) is 0 Å². The number of nitrogens with one attached hydrogen (secondary N) is 1. The summed E-state index contributed by atoms with van der Waals surface area (Å²) in [6, 6.07) is 3.10. The highest BCUT2D eigenvalue weighted by Gasteiger charge is 2.27. The van der Waals surface area contributed by atoms with Crippen LogP contribution in [-0.4, -0.2) is 22.6 Å². The Morgan fingerprint density at radius 2 is 2.19 bits per heavy atom. The summed E-state index contributed by atoms with van der Waals surface area (Å²) < 4.78 is 5.89. The van der Waals surface area contributed by atoms with Crippen molar-refractivity contribution < 1.29 is 9.66 Å². The molecule has 21 heavy (non-hydrogen) atoms. The topological polar surface area (TPSA) is 77.3 Å². The molecule has 1 aliphatic carbocycles. The van der Waals surface area contributed by atoms with Gasteiger partial charge in [-0.25, -0.2) is 0 Å². The van der Waals surface area contributed by atoms with Crippen LogP contribution in [0.5, 0.6) is 5.88 Å². The first kappa shape index (κ1) is 15.5. The zero-order chi connectivity index (χ0) is 15.2. The molecule has 0 bridgehead atoms. The van der Waals surface area contributed by atoms with Gasteiger partial charge in [-0.1, -0.05) is 20.3 Å². The molecule has 1 aliphatic rings. The minimum absolute atomic E-state index is 0.0198. The second kappa shape index (κ2) is 7.24. The molecule has 6 nitrogen and oxygen atoms in total. The summed E-state index contributed by atoms with van der Waals surface area (Å²) in [6.07, 6.45) is 5.34. The molecule has 0 aromatic carbocycles. The molecule has 1 aromatic rings. The number of pyridine rings is 1. The molecule has 2 atom stereocenters. The molecule has 2 rings (SSSR count).